The number of ether oxygens (including phenoxy) is 1. The zero-order chi connectivity index (χ0) is 23.8. The fourth-order valence-electron chi connectivity index (χ4n) is 4.25. The summed E-state index contributed by atoms with van der Waals surface area (Å²) in [6.45, 7) is 5.83. The predicted octanol–water partition coefficient (Wildman–Crippen LogP) is 4.00. The third-order valence-corrected chi connectivity index (χ3v) is 5.68. The average Bonchev–Trinajstić information content (AvgIpc) is 3.37. The Morgan fingerprint density at radius 1 is 1.09 bits per heavy atom. The maximum atomic E-state index is 13.5. The van der Waals surface area contributed by atoms with Crippen LogP contribution in [0.15, 0.2) is 54.6 Å². The van der Waals surface area contributed by atoms with Crippen LogP contribution in [-0.4, -0.2) is 46.0 Å². The van der Waals surface area contributed by atoms with E-state index in [-0.39, 0.29) is 11.8 Å². The van der Waals surface area contributed by atoms with Crippen LogP contribution in [-0.2, 0) is 9.53 Å². The Morgan fingerprint density at radius 2 is 1.82 bits per heavy atom. The lowest BCUT2D eigenvalue weighted by molar-refractivity contribution is -0.120. The van der Waals surface area contributed by atoms with E-state index < -0.39 is 23.6 Å². The van der Waals surface area contributed by atoms with Crippen LogP contribution in [0.3, 0.4) is 0 Å². The second-order valence-electron chi connectivity index (χ2n) is 9.26. The molecule has 2 heterocycles. The Morgan fingerprint density at radius 3 is 2.48 bits per heavy atom. The van der Waals surface area contributed by atoms with E-state index in [1.54, 1.807) is 45.0 Å². The molecule has 3 amide bonds. The molecule has 1 aliphatic heterocycles. The van der Waals surface area contributed by atoms with Crippen LogP contribution >= 0.6 is 0 Å². The van der Waals surface area contributed by atoms with Crippen molar-refractivity contribution >= 4 is 34.5 Å². The van der Waals surface area contributed by atoms with Crippen molar-refractivity contribution in [3.63, 3.8) is 0 Å². The molecule has 0 saturated carbocycles. The molecule has 8 nitrogen and oxygen atoms in total. The number of hydrogen-bond acceptors (Lipinski definition) is 4. The van der Waals surface area contributed by atoms with Gasteiger partial charge < -0.3 is 20.8 Å². The Kier molecular flexibility index (Phi) is 5.84. The molecule has 8 heteroatoms. The van der Waals surface area contributed by atoms with Crippen LogP contribution in [0.4, 0.5) is 10.5 Å². The predicted molar refractivity (Wildman–Crippen MR) is 126 cm³/mol. The molecule has 2 aromatic carbocycles. The SMILES string of the molecule is CC(C)(C)OC(=O)N1CC[C@H](c2ccccc2)C1C(=O)Nc1ccc2[nH]c(C(N)=O)cc2c1. The van der Waals surface area contributed by atoms with Crippen molar-refractivity contribution in [3.05, 3.63) is 65.9 Å². The topological polar surface area (TPSA) is 118 Å². The van der Waals surface area contributed by atoms with Gasteiger partial charge in [0.2, 0.25) is 5.91 Å². The molecule has 3 aromatic rings. The van der Waals surface area contributed by atoms with Crippen molar-refractivity contribution in [2.75, 3.05) is 11.9 Å². The molecule has 1 fully saturated rings. The molecule has 33 heavy (non-hydrogen) atoms. The first-order valence-corrected chi connectivity index (χ1v) is 10.9. The van der Waals surface area contributed by atoms with Gasteiger partial charge in [0.15, 0.2) is 0 Å². The molecule has 0 bridgehead atoms. The van der Waals surface area contributed by atoms with E-state index >= 15 is 0 Å². The summed E-state index contributed by atoms with van der Waals surface area (Å²) in [6.07, 6.45) is 0.147. The molecular formula is C25H28N4O4. The number of hydrogen-bond donors (Lipinski definition) is 3. The Hall–Kier alpha value is -3.81. The van der Waals surface area contributed by atoms with Crippen molar-refractivity contribution in [1.82, 2.24) is 9.88 Å². The number of fused-ring (bicyclic) bond motifs is 1. The quantitative estimate of drug-likeness (QED) is 0.559. The highest BCUT2D eigenvalue weighted by molar-refractivity contribution is 6.01. The van der Waals surface area contributed by atoms with Gasteiger partial charge in [-0.05, 0) is 57.0 Å². The average molecular weight is 449 g/mol. The minimum atomic E-state index is -0.717. The Bertz CT molecular complexity index is 1200. The summed E-state index contributed by atoms with van der Waals surface area (Å²) >= 11 is 0. The maximum Gasteiger partial charge on any atom is 0.410 e. The van der Waals surface area contributed by atoms with Crippen LogP contribution in [0.5, 0.6) is 0 Å². The smallest absolute Gasteiger partial charge is 0.410 e. The van der Waals surface area contributed by atoms with Gasteiger partial charge in [0, 0.05) is 29.1 Å². The van der Waals surface area contributed by atoms with Crippen LogP contribution < -0.4 is 11.1 Å². The maximum absolute atomic E-state index is 13.5. The van der Waals surface area contributed by atoms with Crippen LogP contribution in [0, 0.1) is 0 Å². The largest absolute Gasteiger partial charge is 0.444 e. The summed E-state index contributed by atoms with van der Waals surface area (Å²) in [6, 6.07) is 15.9. The normalized spacial score (nSPS) is 18.3. The summed E-state index contributed by atoms with van der Waals surface area (Å²) in [4.78, 5) is 42.3. The summed E-state index contributed by atoms with van der Waals surface area (Å²) in [5, 5.41) is 3.69. The number of nitrogens with zero attached hydrogens (tertiary/aromatic N) is 1. The van der Waals surface area contributed by atoms with Gasteiger partial charge in [-0.3, -0.25) is 14.5 Å². The van der Waals surface area contributed by atoms with Crippen LogP contribution in [0.2, 0.25) is 0 Å². The molecule has 172 valence electrons. The third-order valence-electron chi connectivity index (χ3n) is 5.68. The number of carbonyl (C=O) groups excluding carboxylic acids is 3. The number of anilines is 1. The molecule has 0 aliphatic carbocycles. The first-order valence-electron chi connectivity index (χ1n) is 10.9. The lowest BCUT2D eigenvalue weighted by Gasteiger charge is -2.30. The Labute approximate surface area is 192 Å². The first kappa shape index (κ1) is 22.4. The van der Waals surface area contributed by atoms with E-state index in [9.17, 15) is 14.4 Å². The lowest BCUT2D eigenvalue weighted by Crippen LogP contribution is -2.47. The summed E-state index contributed by atoms with van der Waals surface area (Å²) in [5.41, 5.74) is 7.27. The molecule has 1 saturated heterocycles. The summed E-state index contributed by atoms with van der Waals surface area (Å²) < 4.78 is 5.58. The Balaban J connectivity index is 1.62. The highest BCUT2D eigenvalue weighted by Gasteiger charge is 2.44. The van der Waals surface area contributed by atoms with E-state index in [1.165, 1.54) is 4.90 Å². The molecule has 1 unspecified atom stereocenters. The molecule has 2 atom stereocenters. The van der Waals surface area contributed by atoms with Gasteiger partial charge in [0.1, 0.15) is 17.3 Å². The lowest BCUT2D eigenvalue weighted by atomic mass is 9.91. The number of carbonyl (C=O) groups is 3. The standard InChI is InChI=1S/C25H28N4O4/c1-25(2,3)33-24(32)29-12-11-18(15-7-5-4-6-8-15)21(29)23(31)27-17-9-10-19-16(13-17)14-20(28-19)22(26)30/h4-10,13-14,18,21,28H,11-12H2,1-3H3,(H2,26,30)(H,27,31)/t18-,21?/m1/s1. The second kappa shape index (κ2) is 8.61. The van der Waals surface area contributed by atoms with Gasteiger partial charge in [-0.25, -0.2) is 4.79 Å². The molecule has 1 aromatic heterocycles. The molecule has 4 rings (SSSR count). The van der Waals surface area contributed by atoms with Crippen LogP contribution in [0.1, 0.15) is 49.2 Å². The van der Waals surface area contributed by atoms with Crippen molar-refractivity contribution in [2.45, 2.75) is 44.8 Å². The second-order valence-corrected chi connectivity index (χ2v) is 9.26. The number of nitrogens with one attached hydrogen (secondary N) is 2. The molecule has 1 aliphatic rings. The van der Waals surface area contributed by atoms with Crippen molar-refractivity contribution in [2.24, 2.45) is 5.73 Å². The van der Waals surface area contributed by atoms with Gasteiger partial charge in [-0.2, -0.15) is 0 Å². The highest BCUT2D eigenvalue weighted by atomic mass is 16.6. The van der Waals surface area contributed by atoms with Gasteiger partial charge in [-0.1, -0.05) is 30.3 Å². The minimum Gasteiger partial charge on any atom is -0.444 e. The first-order chi connectivity index (χ1) is 15.6. The molecule has 4 N–H and O–H groups in total. The van der Waals surface area contributed by atoms with Gasteiger partial charge in [-0.15, -0.1) is 0 Å². The number of primary amides is 1. The van der Waals surface area contributed by atoms with Crippen molar-refractivity contribution < 1.29 is 19.1 Å². The number of likely N-dealkylation sites (tertiary alicyclic amines) is 1. The number of nitrogens with two attached hydrogens (primary N) is 1. The number of aromatic nitrogens is 1. The molecular weight excluding hydrogens is 420 g/mol. The highest BCUT2D eigenvalue weighted by Crippen LogP contribution is 2.35. The van der Waals surface area contributed by atoms with Gasteiger partial charge >= 0.3 is 6.09 Å². The monoisotopic (exact) mass is 448 g/mol. The fourth-order valence-corrected chi connectivity index (χ4v) is 4.25. The van der Waals surface area contributed by atoms with E-state index in [0.717, 1.165) is 16.5 Å². The fraction of sp³-hybridized carbons (Fsp3) is 0.320. The number of aromatic amines is 1. The van der Waals surface area contributed by atoms with Crippen molar-refractivity contribution in [1.29, 1.82) is 0 Å². The summed E-state index contributed by atoms with van der Waals surface area (Å²) in [5.74, 6) is -1.00. The molecule has 0 spiro atoms. The third kappa shape index (κ3) is 4.84. The zero-order valence-corrected chi connectivity index (χ0v) is 18.9. The van der Waals surface area contributed by atoms with Gasteiger partial charge in [0.05, 0.1) is 0 Å². The number of rotatable bonds is 4. The van der Waals surface area contributed by atoms with E-state index in [0.29, 0.717) is 24.3 Å². The van der Waals surface area contributed by atoms with E-state index in [4.69, 9.17) is 10.5 Å². The number of amides is 3. The van der Waals surface area contributed by atoms with E-state index in [1.807, 2.05) is 30.3 Å². The number of benzene rings is 2. The minimum absolute atomic E-state index is 0.156. The summed E-state index contributed by atoms with van der Waals surface area (Å²) in [7, 11) is 0. The van der Waals surface area contributed by atoms with Crippen LogP contribution in [0.25, 0.3) is 10.9 Å². The zero-order valence-electron chi connectivity index (χ0n) is 18.9. The number of H-pyrrole nitrogens is 1. The van der Waals surface area contributed by atoms with Gasteiger partial charge in [0.25, 0.3) is 5.91 Å². The van der Waals surface area contributed by atoms with Crippen molar-refractivity contribution in [3.8, 4) is 0 Å². The molecule has 0 radical (unpaired) electrons. The van der Waals surface area contributed by atoms with E-state index in [2.05, 4.69) is 10.3 Å².